The number of thiophene rings is 1. The van der Waals surface area contributed by atoms with Crippen molar-refractivity contribution in [1.29, 1.82) is 0 Å². The van der Waals surface area contributed by atoms with Gasteiger partial charge in [0.2, 0.25) is 0 Å². The molecule has 0 radical (unpaired) electrons. The molecule has 2 unspecified atom stereocenters. The molecule has 0 aliphatic heterocycles. The van der Waals surface area contributed by atoms with Crippen LogP contribution < -0.4 is 10.6 Å². The molecule has 6 nitrogen and oxygen atoms in total. The van der Waals surface area contributed by atoms with Gasteiger partial charge in [-0.2, -0.15) is 0 Å². The molecule has 0 saturated heterocycles. The second-order valence-corrected chi connectivity index (χ2v) is 9.69. The average molecular weight is 504 g/mol. The van der Waals surface area contributed by atoms with E-state index in [1.54, 1.807) is 11.8 Å². The maximum atomic E-state index is 13.0. The highest BCUT2D eigenvalue weighted by Crippen LogP contribution is 2.35. The van der Waals surface area contributed by atoms with Gasteiger partial charge in [-0.1, -0.05) is 45.0 Å². The van der Waals surface area contributed by atoms with Crippen molar-refractivity contribution in [3.05, 3.63) is 51.4 Å². The molecule has 2 aromatic rings. The standard InChI is InChI=1S/C26H37N3O3S2/c1-8-16(5)18-12-14-19(15-13-18)20(9-2)27-26(33)28-23-21(25(31)32-7)17(6)22(34-23)24(30)29(10-3)11-4/h12-16,20H,8-11H2,1-7H3,(H2,27,28,33). The summed E-state index contributed by atoms with van der Waals surface area (Å²) in [6.07, 6.45) is 1.94. The van der Waals surface area contributed by atoms with Crippen molar-refractivity contribution in [2.45, 2.75) is 66.3 Å². The van der Waals surface area contributed by atoms with Gasteiger partial charge in [-0.3, -0.25) is 4.79 Å². The first-order chi connectivity index (χ1) is 16.2. The van der Waals surface area contributed by atoms with Gasteiger partial charge in [0, 0.05) is 13.1 Å². The van der Waals surface area contributed by atoms with Gasteiger partial charge in [0.05, 0.1) is 23.6 Å². The molecule has 0 bridgehead atoms. The van der Waals surface area contributed by atoms with Gasteiger partial charge in [-0.15, -0.1) is 11.3 Å². The Labute approximate surface area is 213 Å². The molecule has 0 fully saturated rings. The van der Waals surface area contributed by atoms with E-state index in [0.717, 1.165) is 18.4 Å². The number of ether oxygens (including phenoxy) is 1. The lowest BCUT2D eigenvalue weighted by atomic mass is 9.95. The van der Waals surface area contributed by atoms with Crippen molar-refractivity contribution in [3.63, 3.8) is 0 Å². The van der Waals surface area contributed by atoms with E-state index in [1.165, 1.54) is 24.0 Å². The molecule has 2 N–H and O–H groups in total. The van der Waals surface area contributed by atoms with E-state index in [0.29, 0.717) is 45.1 Å². The van der Waals surface area contributed by atoms with Crippen LogP contribution in [0.25, 0.3) is 0 Å². The number of carbonyl (C=O) groups is 2. The Hall–Kier alpha value is -2.45. The number of methoxy groups -OCH3 is 1. The van der Waals surface area contributed by atoms with Crippen LogP contribution in [0.5, 0.6) is 0 Å². The normalized spacial score (nSPS) is 12.6. The first kappa shape index (κ1) is 27.8. The van der Waals surface area contributed by atoms with Crippen molar-refractivity contribution in [3.8, 4) is 0 Å². The van der Waals surface area contributed by atoms with Gasteiger partial charge in [0.15, 0.2) is 5.11 Å². The molecule has 0 saturated carbocycles. The molecular formula is C26H37N3O3S2. The van der Waals surface area contributed by atoms with Gasteiger partial charge < -0.3 is 20.3 Å². The fraction of sp³-hybridized carbons (Fsp3) is 0.500. The zero-order valence-corrected chi connectivity index (χ0v) is 22.9. The van der Waals surface area contributed by atoms with Crippen molar-refractivity contribution in [2.24, 2.45) is 0 Å². The van der Waals surface area contributed by atoms with E-state index >= 15 is 0 Å². The van der Waals surface area contributed by atoms with Gasteiger partial charge in [-0.05, 0) is 68.4 Å². The predicted molar refractivity (Wildman–Crippen MR) is 145 cm³/mol. The molecule has 1 aromatic heterocycles. The van der Waals surface area contributed by atoms with Crippen molar-refractivity contribution < 1.29 is 14.3 Å². The Morgan fingerprint density at radius 3 is 2.15 bits per heavy atom. The summed E-state index contributed by atoms with van der Waals surface area (Å²) in [5.74, 6) is -0.0698. The van der Waals surface area contributed by atoms with Crippen LogP contribution >= 0.6 is 23.6 Å². The Morgan fingerprint density at radius 2 is 1.65 bits per heavy atom. The Kier molecular flexibility index (Phi) is 10.5. The predicted octanol–water partition coefficient (Wildman–Crippen LogP) is 6.28. The smallest absolute Gasteiger partial charge is 0.341 e. The quantitative estimate of drug-likeness (QED) is 0.294. The van der Waals surface area contributed by atoms with Crippen molar-refractivity contribution in [1.82, 2.24) is 10.2 Å². The van der Waals surface area contributed by atoms with Crippen LogP contribution in [0.3, 0.4) is 0 Å². The molecule has 0 aliphatic carbocycles. The number of amides is 1. The first-order valence-electron chi connectivity index (χ1n) is 11.9. The molecule has 0 spiro atoms. The fourth-order valence-corrected chi connectivity index (χ4v) is 5.30. The number of esters is 1. The van der Waals surface area contributed by atoms with Gasteiger partial charge in [0.1, 0.15) is 5.00 Å². The summed E-state index contributed by atoms with van der Waals surface area (Å²) < 4.78 is 5.00. The maximum absolute atomic E-state index is 13.0. The minimum atomic E-state index is -0.495. The monoisotopic (exact) mass is 503 g/mol. The lowest BCUT2D eigenvalue weighted by Gasteiger charge is -2.21. The highest BCUT2D eigenvalue weighted by molar-refractivity contribution is 7.80. The van der Waals surface area contributed by atoms with Crippen LogP contribution in [0.1, 0.15) is 96.1 Å². The maximum Gasteiger partial charge on any atom is 0.341 e. The summed E-state index contributed by atoms with van der Waals surface area (Å²) in [5, 5.41) is 7.43. The van der Waals surface area contributed by atoms with Crippen LogP contribution in [0.15, 0.2) is 24.3 Å². The first-order valence-corrected chi connectivity index (χ1v) is 13.1. The lowest BCUT2D eigenvalue weighted by Crippen LogP contribution is -2.32. The molecule has 2 atom stereocenters. The molecule has 1 aromatic carbocycles. The molecule has 34 heavy (non-hydrogen) atoms. The third-order valence-corrected chi connectivity index (χ3v) is 7.66. The van der Waals surface area contributed by atoms with E-state index in [9.17, 15) is 9.59 Å². The Balaban J connectivity index is 2.27. The SMILES string of the molecule is CCC(C)c1ccc(C(CC)NC(=S)Nc2sc(C(=O)N(CC)CC)c(C)c2C(=O)OC)cc1. The summed E-state index contributed by atoms with van der Waals surface area (Å²) in [6.45, 7) is 13.3. The molecule has 186 valence electrons. The number of nitrogens with zero attached hydrogens (tertiary/aromatic N) is 1. The van der Waals surface area contributed by atoms with Gasteiger partial charge in [0.25, 0.3) is 5.91 Å². The second-order valence-electron chi connectivity index (χ2n) is 8.26. The number of hydrogen-bond acceptors (Lipinski definition) is 5. The molecule has 2 rings (SSSR count). The summed E-state index contributed by atoms with van der Waals surface area (Å²) in [6, 6.07) is 8.65. The van der Waals surface area contributed by atoms with E-state index < -0.39 is 5.97 Å². The summed E-state index contributed by atoms with van der Waals surface area (Å²) in [4.78, 5) is 27.8. The summed E-state index contributed by atoms with van der Waals surface area (Å²) in [7, 11) is 1.34. The number of thiocarbonyl (C=S) groups is 1. The Morgan fingerprint density at radius 1 is 1.06 bits per heavy atom. The summed E-state index contributed by atoms with van der Waals surface area (Å²) in [5.41, 5.74) is 3.42. The molecule has 1 amide bonds. The van der Waals surface area contributed by atoms with Crippen molar-refractivity contribution in [2.75, 3.05) is 25.5 Å². The second kappa shape index (κ2) is 12.9. The zero-order valence-electron chi connectivity index (χ0n) is 21.3. The van der Waals surface area contributed by atoms with E-state index in [1.807, 2.05) is 13.8 Å². The van der Waals surface area contributed by atoms with Crippen molar-refractivity contribution >= 4 is 45.5 Å². The van der Waals surface area contributed by atoms with Crippen LogP contribution in [0, 0.1) is 6.92 Å². The molecule has 0 aliphatic rings. The highest BCUT2D eigenvalue weighted by atomic mass is 32.1. The van der Waals surface area contributed by atoms with E-state index in [2.05, 4.69) is 55.7 Å². The number of nitrogens with one attached hydrogen (secondary N) is 2. The third kappa shape index (κ3) is 6.36. The largest absolute Gasteiger partial charge is 0.465 e. The highest BCUT2D eigenvalue weighted by Gasteiger charge is 2.27. The number of rotatable bonds is 10. The minimum Gasteiger partial charge on any atom is -0.465 e. The number of anilines is 1. The molecule has 1 heterocycles. The number of benzene rings is 1. The minimum absolute atomic E-state index is 0.0189. The average Bonchev–Trinajstić information content (AvgIpc) is 3.17. The fourth-order valence-electron chi connectivity index (χ4n) is 3.82. The Bertz CT molecular complexity index is 997. The zero-order chi connectivity index (χ0) is 25.4. The van der Waals surface area contributed by atoms with Crippen LogP contribution in [0.2, 0.25) is 0 Å². The molecular weight excluding hydrogens is 466 g/mol. The van der Waals surface area contributed by atoms with E-state index in [-0.39, 0.29) is 11.9 Å². The lowest BCUT2D eigenvalue weighted by molar-refractivity contribution is 0.0601. The molecule has 8 heteroatoms. The van der Waals surface area contributed by atoms with Crippen LogP contribution in [-0.4, -0.2) is 42.1 Å². The number of hydrogen-bond donors (Lipinski definition) is 2. The topological polar surface area (TPSA) is 70.7 Å². The summed E-state index contributed by atoms with van der Waals surface area (Å²) >= 11 is 6.83. The van der Waals surface area contributed by atoms with Crippen LogP contribution in [-0.2, 0) is 4.74 Å². The van der Waals surface area contributed by atoms with Crippen LogP contribution in [0.4, 0.5) is 5.00 Å². The third-order valence-electron chi connectivity index (χ3n) is 6.24. The van der Waals surface area contributed by atoms with Gasteiger partial charge in [-0.25, -0.2) is 4.79 Å². The van der Waals surface area contributed by atoms with Gasteiger partial charge >= 0.3 is 5.97 Å². The number of carbonyl (C=O) groups excluding carboxylic acids is 2. The van der Waals surface area contributed by atoms with E-state index in [4.69, 9.17) is 17.0 Å².